The van der Waals surface area contributed by atoms with Gasteiger partial charge in [-0.1, -0.05) is 25.8 Å². The summed E-state index contributed by atoms with van der Waals surface area (Å²) in [5.41, 5.74) is 2.29. The van der Waals surface area contributed by atoms with Crippen molar-refractivity contribution in [3.8, 4) is 0 Å². The Kier molecular flexibility index (Phi) is 6.48. The Morgan fingerprint density at radius 3 is 2.80 bits per heavy atom. The fourth-order valence-electron chi connectivity index (χ4n) is 3.02. The van der Waals surface area contributed by atoms with E-state index < -0.39 is 0 Å². The highest BCUT2D eigenvalue weighted by molar-refractivity contribution is 5.09. The standard InChI is InChI=1S/C17H29N3/c1-3-20(14-17-10-6-7-15(2)19-17)12-11-18-13-16-8-4-5-9-16/h6-7,10,16,18H,3-5,8-9,11-14H2,1-2H3. The molecule has 1 heterocycles. The van der Waals surface area contributed by atoms with Crippen LogP contribution in [0.5, 0.6) is 0 Å². The highest BCUT2D eigenvalue weighted by Crippen LogP contribution is 2.23. The molecule has 0 unspecified atom stereocenters. The van der Waals surface area contributed by atoms with Crippen molar-refractivity contribution in [3.05, 3.63) is 29.6 Å². The molecule has 2 rings (SSSR count). The van der Waals surface area contributed by atoms with E-state index in [0.717, 1.165) is 37.8 Å². The molecule has 0 amide bonds. The third kappa shape index (κ3) is 5.22. The van der Waals surface area contributed by atoms with Crippen LogP contribution in [-0.2, 0) is 6.54 Å². The van der Waals surface area contributed by atoms with Crippen molar-refractivity contribution in [2.75, 3.05) is 26.2 Å². The van der Waals surface area contributed by atoms with E-state index in [1.165, 1.54) is 37.9 Å². The van der Waals surface area contributed by atoms with Crippen molar-refractivity contribution in [3.63, 3.8) is 0 Å². The average molecular weight is 275 g/mol. The van der Waals surface area contributed by atoms with Crippen LogP contribution in [0.1, 0.15) is 44.0 Å². The van der Waals surface area contributed by atoms with E-state index >= 15 is 0 Å². The minimum absolute atomic E-state index is 0.934. The van der Waals surface area contributed by atoms with Gasteiger partial charge >= 0.3 is 0 Å². The Morgan fingerprint density at radius 1 is 1.30 bits per heavy atom. The molecule has 0 aliphatic heterocycles. The molecule has 20 heavy (non-hydrogen) atoms. The Morgan fingerprint density at radius 2 is 2.10 bits per heavy atom. The minimum Gasteiger partial charge on any atom is -0.315 e. The normalized spacial score (nSPS) is 16.1. The number of hydrogen-bond acceptors (Lipinski definition) is 3. The first-order chi connectivity index (χ1) is 9.78. The van der Waals surface area contributed by atoms with Gasteiger partial charge in [-0.15, -0.1) is 0 Å². The summed E-state index contributed by atoms with van der Waals surface area (Å²) in [5, 5.41) is 3.63. The molecule has 1 aromatic heterocycles. The number of aromatic nitrogens is 1. The quantitative estimate of drug-likeness (QED) is 0.739. The molecule has 1 aromatic rings. The lowest BCUT2D eigenvalue weighted by atomic mass is 10.1. The molecule has 3 nitrogen and oxygen atoms in total. The first-order valence-electron chi connectivity index (χ1n) is 8.13. The van der Waals surface area contributed by atoms with Gasteiger partial charge in [0.2, 0.25) is 0 Å². The van der Waals surface area contributed by atoms with Crippen LogP contribution in [0.2, 0.25) is 0 Å². The van der Waals surface area contributed by atoms with Crippen molar-refractivity contribution in [2.45, 2.75) is 46.1 Å². The summed E-state index contributed by atoms with van der Waals surface area (Å²) < 4.78 is 0. The van der Waals surface area contributed by atoms with Crippen LogP contribution >= 0.6 is 0 Å². The maximum atomic E-state index is 4.59. The highest BCUT2D eigenvalue weighted by atomic mass is 15.1. The number of nitrogens with zero attached hydrogens (tertiary/aromatic N) is 2. The SMILES string of the molecule is CCN(CCNCC1CCCC1)Cc1cccc(C)n1. The van der Waals surface area contributed by atoms with Gasteiger partial charge in [0, 0.05) is 25.3 Å². The number of pyridine rings is 1. The molecule has 1 saturated carbocycles. The van der Waals surface area contributed by atoms with Crippen LogP contribution in [0.4, 0.5) is 0 Å². The molecule has 0 atom stereocenters. The molecule has 1 aliphatic carbocycles. The largest absolute Gasteiger partial charge is 0.315 e. The zero-order valence-corrected chi connectivity index (χ0v) is 13.1. The highest BCUT2D eigenvalue weighted by Gasteiger charge is 2.14. The second-order valence-corrected chi connectivity index (χ2v) is 5.99. The molecule has 0 saturated heterocycles. The molecule has 112 valence electrons. The number of aryl methyl sites for hydroxylation is 1. The zero-order chi connectivity index (χ0) is 14.2. The van der Waals surface area contributed by atoms with Gasteiger partial charge < -0.3 is 5.32 Å². The van der Waals surface area contributed by atoms with Crippen molar-refractivity contribution >= 4 is 0 Å². The van der Waals surface area contributed by atoms with E-state index in [2.05, 4.69) is 47.2 Å². The molecule has 0 spiro atoms. The Balaban J connectivity index is 1.66. The van der Waals surface area contributed by atoms with Crippen LogP contribution in [0.25, 0.3) is 0 Å². The van der Waals surface area contributed by atoms with E-state index in [-0.39, 0.29) is 0 Å². The van der Waals surface area contributed by atoms with Crippen LogP contribution in [0, 0.1) is 12.8 Å². The summed E-state index contributed by atoms with van der Waals surface area (Å²) in [7, 11) is 0. The summed E-state index contributed by atoms with van der Waals surface area (Å²) in [6, 6.07) is 6.29. The van der Waals surface area contributed by atoms with Crippen LogP contribution in [-0.4, -0.2) is 36.1 Å². The van der Waals surface area contributed by atoms with Crippen LogP contribution < -0.4 is 5.32 Å². The second kappa shape index (κ2) is 8.38. The molecule has 0 aromatic carbocycles. The van der Waals surface area contributed by atoms with Crippen molar-refractivity contribution in [1.82, 2.24) is 15.2 Å². The third-order valence-corrected chi connectivity index (χ3v) is 4.29. The van der Waals surface area contributed by atoms with E-state index in [9.17, 15) is 0 Å². The van der Waals surface area contributed by atoms with Crippen LogP contribution in [0.15, 0.2) is 18.2 Å². The predicted molar refractivity (Wildman–Crippen MR) is 84.8 cm³/mol. The number of likely N-dealkylation sites (N-methyl/N-ethyl adjacent to an activating group) is 1. The van der Waals surface area contributed by atoms with Crippen LogP contribution in [0.3, 0.4) is 0 Å². The molecule has 1 fully saturated rings. The topological polar surface area (TPSA) is 28.2 Å². The number of rotatable bonds is 8. The molecule has 1 N–H and O–H groups in total. The fraction of sp³-hybridized carbons (Fsp3) is 0.706. The molecular formula is C17H29N3. The van der Waals surface area contributed by atoms with E-state index in [1.807, 2.05) is 0 Å². The first kappa shape index (κ1) is 15.5. The first-order valence-corrected chi connectivity index (χ1v) is 8.13. The molecular weight excluding hydrogens is 246 g/mol. The zero-order valence-electron chi connectivity index (χ0n) is 13.1. The third-order valence-electron chi connectivity index (χ3n) is 4.29. The fourth-order valence-corrected chi connectivity index (χ4v) is 3.02. The lowest BCUT2D eigenvalue weighted by Crippen LogP contribution is -2.33. The molecule has 0 bridgehead atoms. The van der Waals surface area contributed by atoms with Crippen molar-refractivity contribution in [2.24, 2.45) is 5.92 Å². The summed E-state index contributed by atoms with van der Waals surface area (Å²) in [5.74, 6) is 0.934. The maximum Gasteiger partial charge on any atom is 0.0547 e. The molecule has 0 radical (unpaired) electrons. The van der Waals surface area contributed by atoms with E-state index in [1.54, 1.807) is 0 Å². The number of hydrogen-bond donors (Lipinski definition) is 1. The van der Waals surface area contributed by atoms with E-state index in [0.29, 0.717) is 0 Å². The smallest absolute Gasteiger partial charge is 0.0547 e. The Hall–Kier alpha value is -0.930. The maximum absolute atomic E-state index is 4.59. The molecule has 3 heteroatoms. The van der Waals surface area contributed by atoms with Gasteiger partial charge in [0.25, 0.3) is 0 Å². The van der Waals surface area contributed by atoms with Gasteiger partial charge in [-0.25, -0.2) is 0 Å². The summed E-state index contributed by atoms with van der Waals surface area (Å²) >= 11 is 0. The van der Waals surface area contributed by atoms with Gasteiger partial charge in [0.15, 0.2) is 0 Å². The van der Waals surface area contributed by atoms with Gasteiger partial charge in [-0.3, -0.25) is 9.88 Å². The van der Waals surface area contributed by atoms with Gasteiger partial charge in [0.1, 0.15) is 0 Å². The predicted octanol–water partition coefficient (Wildman–Crippen LogP) is 2.99. The van der Waals surface area contributed by atoms with Gasteiger partial charge in [-0.05, 0) is 50.9 Å². The van der Waals surface area contributed by atoms with Crippen molar-refractivity contribution < 1.29 is 0 Å². The van der Waals surface area contributed by atoms with Gasteiger partial charge in [0.05, 0.1) is 5.69 Å². The molecule has 1 aliphatic rings. The number of nitrogens with one attached hydrogen (secondary N) is 1. The monoisotopic (exact) mass is 275 g/mol. The summed E-state index contributed by atoms with van der Waals surface area (Å²) in [6.45, 7) is 9.75. The Bertz CT molecular complexity index is 386. The van der Waals surface area contributed by atoms with Crippen molar-refractivity contribution in [1.29, 1.82) is 0 Å². The Labute approximate surface area is 123 Å². The summed E-state index contributed by atoms with van der Waals surface area (Å²) in [6.07, 6.45) is 5.73. The second-order valence-electron chi connectivity index (χ2n) is 5.99. The van der Waals surface area contributed by atoms with E-state index in [4.69, 9.17) is 0 Å². The minimum atomic E-state index is 0.934. The average Bonchev–Trinajstić information content (AvgIpc) is 2.95. The lowest BCUT2D eigenvalue weighted by Gasteiger charge is -2.21. The lowest BCUT2D eigenvalue weighted by molar-refractivity contribution is 0.273. The summed E-state index contributed by atoms with van der Waals surface area (Å²) in [4.78, 5) is 7.05. The van der Waals surface area contributed by atoms with Gasteiger partial charge in [-0.2, -0.15) is 0 Å².